The molecule has 3 N–H and O–H groups in total. The van der Waals surface area contributed by atoms with Crippen molar-refractivity contribution in [2.75, 3.05) is 11.1 Å². The summed E-state index contributed by atoms with van der Waals surface area (Å²) in [4.78, 5) is 0. The zero-order chi connectivity index (χ0) is 12.4. The number of rotatable bonds is 2. The van der Waals surface area contributed by atoms with Gasteiger partial charge in [-0.05, 0) is 48.9 Å². The van der Waals surface area contributed by atoms with E-state index in [1.165, 1.54) is 12.1 Å². The monoisotopic (exact) mass is 250 g/mol. The molecule has 88 valence electrons. The molecule has 0 saturated heterocycles. The minimum Gasteiger partial charge on any atom is -0.399 e. The molecule has 0 aromatic heterocycles. The predicted molar refractivity (Wildman–Crippen MR) is 70.3 cm³/mol. The summed E-state index contributed by atoms with van der Waals surface area (Å²) in [6, 6.07) is 9.77. The highest BCUT2D eigenvalue weighted by molar-refractivity contribution is 6.33. The van der Waals surface area contributed by atoms with Crippen LogP contribution < -0.4 is 11.1 Å². The van der Waals surface area contributed by atoms with E-state index in [2.05, 4.69) is 5.32 Å². The number of nitrogens with two attached hydrogens (primary N) is 1. The number of hydrogen-bond acceptors (Lipinski definition) is 2. The van der Waals surface area contributed by atoms with Gasteiger partial charge in [0.15, 0.2) is 0 Å². The molecule has 0 aliphatic carbocycles. The lowest BCUT2D eigenvalue weighted by molar-refractivity contribution is 0.628. The molecule has 0 fully saturated rings. The minimum absolute atomic E-state index is 0.348. The molecule has 0 saturated carbocycles. The van der Waals surface area contributed by atoms with E-state index in [1.807, 2.05) is 19.1 Å². The summed E-state index contributed by atoms with van der Waals surface area (Å²) in [6.45, 7) is 1.94. The van der Waals surface area contributed by atoms with Gasteiger partial charge in [-0.2, -0.15) is 0 Å². The number of anilines is 3. The Kier molecular flexibility index (Phi) is 3.20. The van der Waals surface area contributed by atoms with Gasteiger partial charge in [0.25, 0.3) is 0 Å². The maximum Gasteiger partial charge on any atom is 0.124 e. The van der Waals surface area contributed by atoms with Crippen molar-refractivity contribution in [3.63, 3.8) is 0 Å². The highest BCUT2D eigenvalue weighted by Crippen LogP contribution is 2.28. The zero-order valence-electron chi connectivity index (χ0n) is 9.30. The second kappa shape index (κ2) is 4.63. The molecule has 0 aliphatic rings. The van der Waals surface area contributed by atoms with E-state index in [0.29, 0.717) is 16.4 Å². The second-order valence-electron chi connectivity index (χ2n) is 3.82. The maximum absolute atomic E-state index is 12.9. The van der Waals surface area contributed by atoms with E-state index in [9.17, 15) is 4.39 Å². The van der Waals surface area contributed by atoms with Gasteiger partial charge >= 0.3 is 0 Å². The van der Waals surface area contributed by atoms with Crippen molar-refractivity contribution in [3.05, 3.63) is 52.8 Å². The normalized spacial score (nSPS) is 10.3. The van der Waals surface area contributed by atoms with Gasteiger partial charge in [0, 0.05) is 11.4 Å². The van der Waals surface area contributed by atoms with Crippen LogP contribution in [-0.4, -0.2) is 0 Å². The molecule has 0 radical (unpaired) electrons. The molecule has 17 heavy (non-hydrogen) atoms. The second-order valence-corrected chi connectivity index (χ2v) is 4.23. The quantitative estimate of drug-likeness (QED) is 0.787. The Morgan fingerprint density at radius 2 is 1.82 bits per heavy atom. The number of nitrogen functional groups attached to an aromatic ring is 1. The van der Waals surface area contributed by atoms with Gasteiger partial charge < -0.3 is 11.1 Å². The standard InChI is InChI=1S/C13H12ClFN2/c1-8-6-10(16)3-5-12(8)17-13-4-2-9(15)7-11(13)14/h2-7,17H,16H2,1H3. The van der Waals surface area contributed by atoms with Crippen LogP contribution >= 0.6 is 11.6 Å². The molecular formula is C13H12ClFN2. The van der Waals surface area contributed by atoms with Gasteiger partial charge in [-0.1, -0.05) is 11.6 Å². The van der Waals surface area contributed by atoms with E-state index in [1.54, 1.807) is 12.1 Å². The van der Waals surface area contributed by atoms with Gasteiger partial charge in [0.05, 0.1) is 10.7 Å². The predicted octanol–water partition coefficient (Wildman–Crippen LogP) is 4.11. The largest absolute Gasteiger partial charge is 0.399 e. The number of aryl methyl sites for hydroxylation is 1. The Labute approximate surface area is 104 Å². The van der Waals surface area contributed by atoms with E-state index < -0.39 is 0 Å². The molecule has 2 nitrogen and oxygen atoms in total. The van der Waals surface area contributed by atoms with Crippen LogP contribution in [0.2, 0.25) is 5.02 Å². The first-order valence-electron chi connectivity index (χ1n) is 5.14. The molecule has 0 aliphatic heterocycles. The lowest BCUT2D eigenvalue weighted by Gasteiger charge is -2.11. The first-order valence-corrected chi connectivity index (χ1v) is 5.52. The smallest absolute Gasteiger partial charge is 0.124 e. The van der Waals surface area contributed by atoms with E-state index >= 15 is 0 Å². The topological polar surface area (TPSA) is 38.0 Å². The fraction of sp³-hybridized carbons (Fsp3) is 0.0769. The highest BCUT2D eigenvalue weighted by Gasteiger charge is 2.04. The van der Waals surface area contributed by atoms with Crippen LogP contribution in [0.15, 0.2) is 36.4 Å². The highest BCUT2D eigenvalue weighted by atomic mass is 35.5. The number of hydrogen-bond donors (Lipinski definition) is 2. The first kappa shape index (κ1) is 11.7. The van der Waals surface area contributed by atoms with Crippen molar-refractivity contribution < 1.29 is 4.39 Å². The molecule has 0 heterocycles. The van der Waals surface area contributed by atoms with Gasteiger partial charge in [-0.25, -0.2) is 4.39 Å². The van der Waals surface area contributed by atoms with Crippen molar-refractivity contribution in [2.45, 2.75) is 6.92 Å². The van der Waals surface area contributed by atoms with E-state index in [-0.39, 0.29) is 5.82 Å². The van der Waals surface area contributed by atoms with Crippen molar-refractivity contribution in [1.82, 2.24) is 0 Å². The molecule has 0 spiro atoms. The van der Waals surface area contributed by atoms with Crippen molar-refractivity contribution in [1.29, 1.82) is 0 Å². The van der Waals surface area contributed by atoms with Crippen LogP contribution in [0.4, 0.5) is 21.5 Å². The molecule has 0 bridgehead atoms. The minimum atomic E-state index is -0.352. The van der Waals surface area contributed by atoms with Gasteiger partial charge in [-0.3, -0.25) is 0 Å². The molecular weight excluding hydrogens is 239 g/mol. The molecule has 2 rings (SSSR count). The van der Waals surface area contributed by atoms with Crippen LogP contribution in [0.25, 0.3) is 0 Å². The third kappa shape index (κ3) is 2.68. The summed E-state index contributed by atoms with van der Waals surface area (Å²) in [7, 11) is 0. The fourth-order valence-electron chi connectivity index (χ4n) is 1.56. The van der Waals surface area contributed by atoms with Crippen LogP contribution in [-0.2, 0) is 0 Å². The Morgan fingerprint density at radius 3 is 2.47 bits per heavy atom. The van der Waals surface area contributed by atoms with E-state index in [4.69, 9.17) is 17.3 Å². The Morgan fingerprint density at radius 1 is 1.12 bits per heavy atom. The lowest BCUT2D eigenvalue weighted by Crippen LogP contribution is -1.95. The Hall–Kier alpha value is -1.74. The van der Waals surface area contributed by atoms with Crippen LogP contribution in [0.5, 0.6) is 0 Å². The summed E-state index contributed by atoms with van der Waals surface area (Å²) in [5.74, 6) is -0.352. The molecule has 2 aromatic rings. The summed E-state index contributed by atoms with van der Waals surface area (Å²) >= 11 is 5.94. The molecule has 0 unspecified atom stereocenters. The molecule has 2 aromatic carbocycles. The fourth-order valence-corrected chi connectivity index (χ4v) is 1.78. The van der Waals surface area contributed by atoms with Crippen molar-refractivity contribution in [3.8, 4) is 0 Å². The van der Waals surface area contributed by atoms with E-state index in [0.717, 1.165) is 11.3 Å². The SMILES string of the molecule is Cc1cc(N)ccc1Nc1ccc(F)cc1Cl. The van der Waals surface area contributed by atoms with Crippen LogP contribution in [0.3, 0.4) is 0 Å². The van der Waals surface area contributed by atoms with Gasteiger partial charge in [0.2, 0.25) is 0 Å². The van der Waals surface area contributed by atoms with Crippen LogP contribution in [0, 0.1) is 12.7 Å². The van der Waals surface area contributed by atoms with Crippen molar-refractivity contribution >= 4 is 28.7 Å². The Balaban J connectivity index is 2.31. The number of nitrogens with one attached hydrogen (secondary N) is 1. The summed E-state index contributed by atoms with van der Waals surface area (Å²) < 4.78 is 12.9. The number of halogens is 2. The molecule has 0 amide bonds. The third-order valence-corrected chi connectivity index (χ3v) is 2.76. The van der Waals surface area contributed by atoms with Crippen molar-refractivity contribution in [2.24, 2.45) is 0 Å². The average molecular weight is 251 g/mol. The Bertz CT molecular complexity index is 506. The lowest BCUT2D eigenvalue weighted by atomic mass is 10.1. The third-order valence-electron chi connectivity index (χ3n) is 2.45. The first-order chi connectivity index (χ1) is 8.06. The number of benzene rings is 2. The molecule has 0 atom stereocenters. The maximum atomic E-state index is 12.9. The summed E-state index contributed by atoms with van der Waals surface area (Å²) in [5.41, 5.74) is 8.94. The summed E-state index contributed by atoms with van der Waals surface area (Å²) in [6.07, 6.45) is 0. The van der Waals surface area contributed by atoms with Gasteiger partial charge in [-0.15, -0.1) is 0 Å². The average Bonchev–Trinajstić information content (AvgIpc) is 2.25. The zero-order valence-corrected chi connectivity index (χ0v) is 10.1. The molecule has 4 heteroatoms. The van der Waals surface area contributed by atoms with Gasteiger partial charge in [0.1, 0.15) is 5.82 Å². The van der Waals surface area contributed by atoms with Crippen LogP contribution in [0.1, 0.15) is 5.56 Å². The summed E-state index contributed by atoms with van der Waals surface area (Å²) in [5, 5.41) is 3.49.